The number of aryl methyl sites for hydroxylation is 1. The van der Waals surface area contributed by atoms with Crippen molar-refractivity contribution < 1.29 is 14.3 Å². The number of nitrogens with one attached hydrogen (secondary N) is 1. The molecule has 25 heavy (non-hydrogen) atoms. The second-order valence-corrected chi connectivity index (χ2v) is 8.05. The second kappa shape index (κ2) is 9.02. The number of benzene rings is 1. The molecule has 0 unspecified atom stereocenters. The first kappa shape index (κ1) is 19.5. The van der Waals surface area contributed by atoms with E-state index < -0.39 is 5.60 Å². The first-order chi connectivity index (χ1) is 11.8. The van der Waals surface area contributed by atoms with Crippen molar-refractivity contribution in [3.05, 3.63) is 35.9 Å². The normalized spacial score (nSPS) is 20.8. The van der Waals surface area contributed by atoms with Crippen LogP contribution >= 0.6 is 0 Å². The summed E-state index contributed by atoms with van der Waals surface area (Å²) in [6.45, 7) is 6.22. The average molecular weight is 345 g/mol. The molecule has 0 saturated heterocycles. The van der Waals surface area contributed by atoms with Gasteiger partial charge in [0.1, 0.15) is 11.4 Å². The van der Waals surface area contributed by atoms with E-state index in [0.717, 1.165) is 32.1 Å². The van der Waals surface area contributed by atoms with Crippen molar-refractivity contribution in [3.63, 3.8) is 0 Å². The highest BCUT2D eigenvalue weighted by Crippen LogP contribution is 2.30. The third-order valence-corrected chi connectivity index (χ3v) is 4.74. The van der Waals surface area contributed by atoms with Crippen LogP contribution in [0.25, 0.3) is 0 Å². The van der Waals surface area contributed by atoms with Crippen LogP contribution in [0.1, 0.15) is 58.4 Å². The Labute approximate surface area is 151 Å². The van der Waals surface area contributed by atoms with Crippen LogP contribution in [0, 0.1) is 11.8 Å². The maximum atomic E-state index is 12.4. The Kier molecular flexibility index (Phi) is 7.03. The molecular weight excluding hydrogens is 314 g/mol. The van der Waals surface area contributed by atoms with Crippen LogP contribution in [-0.4, -0.2) is 24.0 Å². The first-order valence-corrected chi connectivity index (χ1v) is 9.37. The van der Waals surface area contributed by atoms with E-state index >= 15 is 0 Å². The zero-order valence-electron chi connectivity index (χ0n) is 15.7. The Morgan fingerprint density at radius 1 is 1.08 bits per heavy atom. The van der Waals surface area contributed by atoms with E-state index in [1.807, 2.05) is 39.0 Å². The lowest BCUT2D eigenvalue weighted by molar-refractivity contribution is -0.124. The number of carbonyl (C=O) groups is 2. The minimum absolute atomic E-state index is 0.196. The van der Waals surface area contributed by atoms with E-state index in [1.165, 1.54) is 5.56 Å². The summed E-state index contributed by atoms with van der Waals surface area (Å²) in [7, 11) is 0. The van der Waals surface area contributed by atoms with Gasteiger partial charge in [0.15, 0.2) is 0 Å². The van der Waals surface area contributed by atoms with Gasteiger partial charge < -0.3 is 10.1 Å². The molecule has 0 bridgehead atoms. The predicted octanol–water partition coefficient (Wildman–Crippen LogP) is 4.52. The van der Waals surface area contributed by atoms with Crippen molar-refractivity contribution in [3.8, 4) is 0 Å². The van der Waals surface area contributed by atoms with Crippen LogP contribution in [0.5, 0.6) is 0 Å². The van der Waals surface area contributed by atoms with Crippen LogP contribution in [0.4, 0.5) is 4.79 Å². The summed E-state index contributed by atoms with van der Waals surface area (Å²) in [6.07, 6.45) is 4.99. The molecule has 1 N–H and O–H groups in total. The van der Waals surface area contributed by atoms with Gasteiger partial charge in [0.05, 0.1) is 0 Å². The average Bonchev–Trinajstić information content (AvgIpc) is 2.58. The van der Waals surface area contributed by atoms with Crippen molar-refractivity contribution in [1.82, 2.24) is 5.32 Å². The quantitative estimate of drug-likeness (QED) is 0.825. The maximum Gasteiger partial charge on any atom is 0.407 e. The fourth-order valence-corrected chi connectivity index (χ4v) is 3.35. The lowest BCUT2D eigenvalue weighted by atomic mass is 9.79. The molecule has 4 heteroatoms. The summed E-state index contributed by atoms with van der Waals surface area (Å²) < 4.78 is 5.26. The number of ether oxygens (including phenoxy) is 1. The van der Waals surface area contributed by atoms with Crippen LogP contribution < -0.4 is 5.32 Å². The van der Waals surface area contributed by atoms with Gasteiger partial charge in [-0.1, -0.05) is 30.3 Å². The molecule has 1 amide bonds. The monoisotopic (exact) mass is 345 g/mol. The summed E-state index contributed by atoms with van der Waals surface area (Å²) in [5.41, 5.74) is 0.763. The molecular formula is C21H31NO3. The fourth-order valence-electron chi connectivity index (χ4n) is 3.35. The number of amides is 1. The smallest absolute Gasteiger partial charge is 0.407 e. The molecule has 0 aliphatic heterocycles. The SMILES string of the molecule is CC(C)(C)OC(=O)NCC1CCC(C(=O)CCc2ccccc2)CC1. The van der Waals surface area contributed by atoms with E-state index in [-0.39, 0.29) is 12.0 Å². The summed E-state index contributed by atoms with van der Waals surface area (Å²) in [4.78, 5) is 24.1. The van der Waals surface area contributed by atoms with Gasteiger partial charge in [-0.05, 0) is 64.4 Å². The summed E-state index contributed by atoms with van der Waals surface area (Å²) in [6, 6.07) is 10.2. The number of Topliss-reactive ketones (excluding diaryl/α,β-unsaturated/α-hetero) is 1. The molecule has 0 atom stereocenters. The van der Waals surface area contributed by atoms with E-state index in [9.17, 15) is 9.59 Å². The highest BCUT2D eigenvalue weighted by molar-refractivity contribution is 5.81. The van der Waals surface area contributed by atoms with Gasteiger partial charge in [-0.2, -0.15) is 0 Å². The lowest BCUT2D eigenvalue weighted by Crippen LogP contribution is -2.36. The molecule has 4 nitrogen and oxygen atoms in total. The number of hydrogen-bond donors (Lipinski definition) is 1. The Bertz CT molecular complexity index is 554. The van der Waals surface area contributed by atoms with Crippen molar-refractivity contribution in [2.75, 3.05) is 6.54 Å². The number of hydrogen-bond acceptors (Lipinski definition) is 3. The lowest BCUT2D eigenvalue weighted by Gasteiger charge is -2.28. The standard InChI is InChI=1S/C21H31NO3/c1-21(2,3)25-20(24)22-15-17-9-12-18(13-10-17)19(23)14-11-16-7-5-4-6-8-16/h4-8,17-18H,9-15H2,1-3H3,(H,22,24). The van der Waals surface area contributed by atoms with Crippen LogP contribution in [0.15, 0.2) is 30.3 Å². The molecule has 1 aliphatic carbocycles. The van der Waals surface area contributed by atoms with Gasteiger partial charge in [0.2, 0.25) is 0 Å². The fraction of sp³-hybridized carbons (Fsp3) is 0.619. The molecule has 1 saturated carbocycles. The topological polar surface area (TPSA) is 55.4 Å². The van der Waals surface area contributed by atoms with E-state index in [4.69, 9.17) is 4.74 Å². The zero-order valence-corrected chi connectivity index (χ0v) is 15.7. The minimum atomic E-state index is -0.465. The number of carbonyl (C=O) groups excluding carboxylic acids is 2. The highest BCUT2D eigenvalue weighted by atomic mass is 16.6. The first-order valence-electron chi connectivity index (χ1n) is 9.37. The summed E-state index contributed by atoms with van der Waals surface area (Å²) in [5, 5.41) is 2.85. The van der Waals surface area contributed by atoms with Gasteiger partial charge >= 0.3 is 6.09 Å². The molecule has 1 aliphatic rings. The Morgan fingerprint density at radius 2 is 1.72 bits per heavy atom. The predicted molar refractivity (Wildman–Crippen MR) is 99.5 cm³/mol. The second-order valence-electron chi connectivity index (χ2n) is 8.05. The van der Waals surface area contributed by atoms with Gasteiger partial charge in [-0.15, -0.1) is 0 Å². The number of ketones is 1. The highest BCUT2D eigenvalue weighted by Gasteiger charge is 2.26. The van der Waals surface area contributed by atoms with Gasteiger partial charge in [-0.25, -0.2) is 4.79 Å². The van der Waals surface area contributed by atoms with Crippen LogP contribution in [-0.2, 0) is 16.0 Å². The Hall–Kier alpha value is -1.84. The van der Waals surface area contributed by atoms with Crippen molar-refractivity contribution in [2.24, 2.45) is 11.8 Å². The van der Waals surface area contributed by atoms with Crippen LogP contribution in [0.3, 0.4) is 0 Å². The molecule has 0 aromatic heterocycles. The van der Waals surface area contributed by atoms with Gasteiger partial charge in [-0.3, -0.25) is 4.79 Å². The summed E-state index contributed by atoms with van der Waals surface area (Å²) in [5.74, 6) is 1.04. The third-order valence-electron chi connectivity index (χ3n) is 4.74. The minimum Gasteiger partial charge on any atom is -0.444 e. The van der Waals surface area contributed by atoms with Gasteiger partial charge in [0, 0.05) is 18.9 Å². The largest absolute Gasteiger partial charge is 0.444 e. The van der Waals surface area contributed by atoms with Gasteiger partial charge in [0.25, 0.3) is 0 Å². The third kappa shape index (κ3) is 7.29. The van der Waals surface area contributed by atoms with E-state index in [2.05, 4.69) is 17.4 Å². The molecule has 0 heterocycles. The zero-order chi connectivity index (χ0) is 18.3. The van der Waals surface area contributed by atoms with Crippen LogP contribution in [0.2, 0.25) is 0 Å². The molecule has 0 radical (unpaired) electrons. The summed E-state index contributed by atoms with van der Waals surface area (Å²) >= 11 is 0. The Morgan fingerprint density at radius 3 is 2.32 bits per heavy atom. The van der Waals surface area contributed by atoms with Crippen molar-refractivity contribution in [1.29, 1.82) is 0 Å². The molecule has 2 rings (SSSR count). The van der Waals surface area contributed by atoms with E-state index in [0.29, 0.717) is 24.7 Å². The molecule has 138 valence electrons. The molecule has 1 fully saturated rings. The molecule has 1 aromatic carbocycles. The molecule has 1 aromatic rings. The maximum absolute atomic E-state index is 12.4. The van der Waals surface area contributed by atoms with E-state index in [1.54, 1.807) is 0 Å². The van der Waals surface area contributed by atoms with Crippen molar-refractivity contribution >= 4 is 11.9 Å². The number of alkyl carbamates (subject to hydrolysis) is 1. The number of rotatable bonds is 6. The Balaban J connectivity index is 1.65. The molecule has 0 spiro atoms. The van der Waals surface area contributed by atoms with Crippen molar-refractivity contribution in [2.45, 2.75) is 64.9 Å².